The summed E-state index contributed by atoms with van der Waals surface area (Å²) in [5.74, 6) is -0.264. The number of benzene rings is 1. The van der Waals surface area contributed by atoms with E-state index in [0.717, 1.165) is 17.6 Å². The number of ether oxygens (including phenoxy) is 2. The minimum absolute atomic E-state index is 0.0133. The number of aliphatic hydroxyl groups is 1. The van der Waals surface area contributed by atoms with Crippen LogP contribution >= 0.6 is 0 Å². The van der Waals surface area contributed by atoms with Crippen molar-refractivity contribution in [1.29, 1.82) is 0 Å². The van der Waals surface area contributed by atoms with Crippen molar-refractivity contribution in [2.24, 2.45) is 17.3 Å². The number of rotatable bonds is 8. The standard InChI is InChI=1S/C21H28O4/c1-15(10-12-24-14-16-7-5-4-6-8-16)21-18(13-20(21,2)3)17(9-11-22)19(23)25-21/h4-8,17-18,22H,1,9-14H2,2-3H3/t17-,18-,21+/m0/s1. The first-order valence-electron chi connectivity index (χ1n) is 9.06. The lowest BCUT2D eigenvalue weighted by Crippen LogP contribution is -2.61. The molecule has 1 N–H and O–H groups in total. The molecule has 4 nitrogen and oxygen atoms in total. The van der Waals surface area contributed by atoms with Crippen LogP contribution in [0.3, 0.4) is 0 Å². The quantitative estimate of drug-likeness (QED) is 0.446. The zero-order chi connectivity index (χ0) is 18.1. The summed E-state index contributed by atoms with van der Waals surface area (Å²) in [6, 6.07) is 10.1. The van der Waals surface area contributed by atoms with Gasteiger partial charge < -0.3 is 14.6 Å². The molecule has 1 aromatic rings. The smallest absolute Gasteiger partial charge is 0.310 e. The Bertz CT molecular complexity index is 637. The zero-order valence-electron chi connectivity index (χ0n) is 15.2. The molecular formula is C21H28O4. The second-order valence-electron chi connectivity index (χ2n) is 7.86. The van der Waals surface area contributed by atoms with E-state index in [1.807, 2.05) is 30.3 Å². The number of carbonyl (C=O) groups excluding carboxylic acids is 1. The molecule has 1 aliphatic carbocycles. The molecule has 0 aromatic heterocycles. The number of hydrogen-bond donors (Lipinski definition) is 1. The molecule has 0 bridgehead atoms. The summed E-state index contributed by atoms with van der Waals surface area (Å²) in [7, 11) is 0. The Balaban J connectivity index is 1.60. The van der Waals surface area contributed by atoms with Gasteiger partial charge in [-0.3, -0.25) is 4.79 Å². The maximum Gasteiger partial charge on any atom is 0.310 e. The number of aliphatic hydroxyl groups excluding tert-OH is 1. The molecule has 1 saturated carbocycles. The highest BCUT2D eigenvalue weighted by Crippen LogP contribution is 2.66. The Morgan fingerprint density at radius 3 is 2.72 bits per heavy atom. The van der Waals surface area contributed by atoms with Gasteiger partial charge in [-0.1, -0.05) is 50.8 Å². The topological polar surface area (TPSA) is 55.8 Å². The molecule has 3 rings (SSSR count). The van der Waals surface area contributed by atoms with Crippen LogP contribution in [0.1, 0.15) is 38.7 Å². The highest BCUT2D eigenvalue weighted by molar-refractivity contribution is 5.78. The lowest BCUT2D eigenvalue weighted by molar-refractivity contribution is -0.178. The minimum atomic E-state index is -0.597. The fourth-order valence-corrected chi connectivity index (χ4v) is 4.67. The van der Waals surface area contributed by atoms with E-state index >= 15 is 0 Å². The van der Waals surface area contributed by atoms with Crippen molar-refractivity contribution >= 4 is 5.97 Å². The van der Waals surface area contributed by atoms with Crippen molar-refractivity contribution in [2.75, 3.05) is 13.2 Å². The number of fused-ring (bicyclic) bond motifs is 1. The molecule has 1 aromatic carbocycles. The second-order valence-corrected chi connectivity index (χ2v) is 7.86. The van der Waals surface area contributed by atoms with Crippen molar-refractivity contribution < 1.29 is 19.4 Å². The lowest BCUT2D eigenvalue weighted by atomic mass is 9.47. The van der Waals surface area contributed by atoms with Gasteiger partial charge in [0.15, 0.2) is 0 Å². The van der Waals surface area contributed by atoms with E-state index in [0.29, 0.717) is 26.1 Å². The van der Waals surface area contributed by atoms with Gasteiger partial charge in [-0.15, -0.1) is 0 Å². The summed E-state index contributed by atoms with van der Waals surface area (Å²) in [6.07, 6.45) is 2.07. The van der Waals surface area contributed by atoms with Gasteiger partial charge in [0.25, 0.3) is 0 Å². The van der Waals surface area contributed by atoms with Crippen molar-refractivity contribution in [3.8, 4) is 0 Å². The molecule has 0 amide bonds. The summed E-state index contributed by atoms with van der Waals surface area (Å²) in [4.78, 5) is 12.3. The van der Waals surface area contributed by atoms with Gasteiger partial charge in [0.2, 0.25) is 0 Å². The highest BCUT2D eigenvalue weighted by atomic mass is 16.6. The number of esters is 1. The van der Waals surface area contributed by atoms with E-state index < -0.39 is 5.60 Å². The Hall–Kier alpha value is -1.65. The van der Waals surface area contributed by atoms with Gasteiger partial charge in [0.1, 0.15) is 5.60 Å². The van der Waals surface area contributed by atoms with Crippen molar-refractivity contribution in [1.82, 2.24) is 0 Å². The van der Waals surface area contributed by atoms with Gasteiger partial charge >= 0.3 is 5.97 Å². The molecule has 25 heavy (non-hydrogen) atoms. The fraction of sp³-hybridized carbons (Fsp3) is 0.571. The molecule has 2 aliphatic rings. The molecule has 136 valence electrons. The summed E-state index contributed by atoms with van der Waals surface area (Å²) in [6.45, 7) is 9.67. The first kappa shape index (κ1) is 18.2. The van der Waals surface area contributed by atoms with E-state index in [9.17, 15) is 9.90 Å². The third kappa shape index (κ3) is 3.02. The maximum absolute atomic E-state index is 12.3. The van der Waals surface area contributed by atoms with Crippen LogP contribution in [0, 0.1) is 17.3 Å². The highest BCUT2D eigenvalue weighted by Gasteiger charge is 2.71. The fourth-order valence-electron chi connectivity index (χ4n) is 4.67. The lowest BCUT2D eigenvalue weighted by Gasteiger charge is -2.58. The van der Waals surface area contributed by atoms with E-state index in [4.69, 9.17) is 9.47 Å². The van der Waals surface area contributed by atoms with E-state index in [2.05, 4.69) is 20.4 Å². The monoisotopic (exact) mass is 344 g/mol. The summed E-state index contributed by atoms with van der Waals surface area (Å²) in [5, 5.41) is 9.26. The van der Waals surface area contributed by atoms with Gasteiger partial charge in [0, 0.05) is 17.9 Å². The van der Waals surface area contributed by atoms with Crippen molar-refractivity contribution in [3.05, 3.63) is 48.0 Å². The van der Waals surface area contributed by atoms with Crippen molar-refractivity contribution in [2.45, 2.75) is 45.3 Å². The Morgan fingerprint density at radius 2 is 2.08 bits per heavy atom. The summed E-state index contributed by atoms with van der Waals surface area (Å²) < 4.78 is 11.7. The van der Waals surface area contributed by atoms with Crippen LogP contribution in [0.5, 0.6) is 0 Å². The molecule has 4 heteroatoms. The van der Waals surface area contributed by atoms with Crippen LogP contribution < -0.4 is 0 Å². The predicted octanol–water partition coefficient (Wildman–Crippen LogP) is 3.49. The Morgan fingerprint density at radius 1 is 1.36 bits per heavy atom. The third-order valence-corrected chi connectivity index (χ3v) is 5.93. The zero-order valence-corrected chi connectivity index (χ0v) is 15.2. The molecule has 1 saturated heterocycles. The minimum Gasteiger partial charge on any atom is -0.453 e. The average molecular weight is 344 g/mol. The largest absolute Gasteiger partial charge is 0.453 e. The third-order valence-electron chi connectivity index (χ3n) is 5.93. The average Bonchev–Trinajstić information content (AvgIpc) is 2.83. The molecule has 2 fully saturated rings. The van der Waals surface area contributed by atoms with E-state index in [-0.39, 0.29) is 29.8 Å². The SMILES string of the molecule is C=C(CCOCc1ccccc1)[C@@]12OC(=O)[C@@H](CCO)[C@@H]1CC2(C)C. The van der Waals surface area contributed by atoms with Crippen LogP contribution in [-0.2, 0) is 20.9 Å². The van der Waals surface area contributed by atoms with Crippen LogP contribution in [0.25, 0.3) is 0 Å². The Kier molecular flexibility index (Phi) is 5.03. The van der Waals surface area contributed by atoms with Gasteiger partial charge in [-0.25, -0.2) is 0 Å². The summed E-state index contributed by atoms with van der Waals surface area (Å²) in [5.41, 5.74) is 1.37. The number of carbonyl (C=O) groups is 1. The van der Waals surface area contributed by atoms with Gasteiger partial charge in [-0.2, -0.15) is 0 Å². The first-order chi connectivity index (χ1) is 11.9. The van der Waals surface area contributed by atoms with Crippen LogP contribution in [0.4, 0.5) is 0 Å². The van der Waals surface area contributed by atoms with Crippen LogP contribution in [0.2, 0.25) is 0 Å². The van der Waals surface area contributed by atoms with Crippen LogP contribution in [-0.4, -0.2) is 29.9 Å². The van der Waals surface area contributed by atoms with Crippen molar-refractivity contribution in [3.63, 3.8) is 0 Å². The molecule has 3 atom stereocenters. The summed E-state index contributed by atoms with van der Waals surface area (Å²) >= 11 is 0. The molecule has 0 spiro atoms. The molecule has 1 heterocycles. The second kappa shape index (κ2) is 6.93. The number of hydrogen-bond acceptors (Lipinski definition) is 4. The maximum atomic E-state index is 12.3. The first-order valence-corrected chi connectivity index (χ1v) is 9.06. The van der Waals surface area contributed by atoms with E-state index in [1.165, 1.54) is 0 Å². The Labute approximate surface area is 149 Å². The molecule has 0 radical (unpaired) electrons. The van der Waals surface area contributed by atoms with Gasteiger partial charge in [0.05, 0.1) is 19.1 Å². The van der Waals surface area contributed by atoms with Gasteiger partial charge in [-0.05, 0) is 30.4 Å². The van der Waals surface area contributed by atoms with E-state index in [1.54, 1.807) is 0 Å². The molecule has 0 unspecified atom stereocenters. The normalized spacial score (nSPS) is 29.6. The molecular weight excluding hydrogens is 316 g/mol. The predicted molar refractivity (Wildman–Crippen MR) is 95.8 cm³/mol. The molecule has 1 aliphatic heterocycles. The van der Waals surface area contributed by atoms with Crippen LogP contribution in [0.15, 0.2) is 42.5 Å².